The lowest BCUT2D eigenvalue weighted by Gasteiger charge is -2.09. The predicted molar refractivity (Wildman–Crippen MR) is 109 cm³/mol. The van der Waals surface area contributed by atoms with Crippen molar-refractivity contribution in [1.29, 1.82) is 0 Å². The predicted octanol–water partition coefficient (Wildman–Crippen LogP) is 4.27. The van der Waals surface area contributed by atoms with Gasteiger partial charge in [0.25, 0.3) is 17.5 Å². The summed E-state index contributed by atoms with van der Waals surface area (Å²) in [5.41, 5.74) is 2.39. The first-order valence-electron chi connectivity index (χ1n) is 8.93. The highest BCUT2D eigenvalue weighted by Gasteiger charge is 2.18. The van der Waals surface area contributed by atoms with E-state index < -0.39 is 10.8 Å². The normalized spacial score (nSPS) is 10.6. The van der Waals surface area contributed by atoms with Crippen molar-refractivity contribution in [3.63, 3.8) is 0 Å². The standard InChI is InChI=1S/C21H15N5O4/c1-13-11-14(8-9-18(13)26(28)29)20(27)23-17-7-3-2-6-16(17)21-24-19(25-30-21)15-5-4-10-22-12-15/h2-12H,1H3,(H,23,27). The van der Waals surface area contributed by atoms with Crippen LogP contribution in [0.25, 0.3) is 22.8 Å². The van der Waals surface area contributed by atoms with E-state index in [-0.39, 0.29) is 11.6 Å². The Morgan fingerprint density at radius 2 is 1.97 bits per heavy atom. The Morgan fingerprint density at radius 3 is 2.70 bits per heavy atom. The van der Waals surface area contributed by atoms with Crippen LogP contribution in [-0.2, 0) is 0 Å². The highest BCUT2D eigenvalue weighted by Crippen LogP contribution is 2.29. The fraction of sp³-hybridized carbons (Fsp3) is 0.0476. The molecule has 0 fully saturated rings. The van der Waals surface area contributed by atoms with Gasteiger partial charge in [0.15, 0.2) is 0 Å². The maximum atomic E-state index is 12.7. The Balaban J connectivity index is 1.62. The first-order valence-corrected chi connectivity index (χ1v) is 8.93. The number of nitro benzene ring substituents is 1. The number of pyridine rings is 1. The molecule has 1 N–H and O–H groups in total. The van der Waals surface area contributed by atoms with E-state index in [1.807, 2.05) is 6.07 Å². The Hall–Kier alpha value is -4.40. The minimum absolute atomic E-state index is 0.0410. The maximum absolute atomic E-state index is 12.7. The van der Waals surface area contributed by atoms with E-state index in [1.54, 1.807) is 49.6 Å². The highest BCUT2D eigenvalue weighted by molar-refractivity contribution is 6.06. The van der Waals surface area contributed by atoms with Crippen LogP contribution in [0.4, 0.5) is 11.4 Å². The van der Waals surface area contributed by atoms with Gasteiger partial charge in [-0.3, -0.25) is 19.9 Å². The van der Waals surface area contributed by atoms with Crippen molar-refractivity contribution >= 4 is 17.3 Å². The van der Waals surface area contributed by atoms with Crippen LogP contribution in [0.2, 0.25) is 0 Å². The number of benzene rings is 2. The van der Waals surface area contributed by atoms with Gasteiger partial charge in [-0.05, 0) is 43.3 Å². The molecular formula is C21H15N5O4. The number of anilines is 1. The molecule has 0 aliphatic heterocycles. The Labute approximate surface area is 170 Å². The number of nitrogens with zero attached hydrogens (tertiary/aromatic N) is 4. The minimum atomic E-state index is -0.484. The van der Waals surface area contributed by atoms with Crippen LogP contribution >= 0.6 is 0 Å². The molecule has 0 atom stereocenters. The molecule has 2 aromatic carbocycles. The summed E-state index contributed by atoms with van der Waals surface area (Å²) in [6.45, 7) is 1.58. The topological polar surface area (TPSA) is 124 Å². The third-order valence-corrected chi connectivity index (χ3v) is 4.41. The van der Waals surface area contributed by atoms with Gasteiger partial charge in [-0.1, -0.05) is 17.3 Å². The maximum Gasteiger partial charge on any atom is 0.272 e. The van der Waals surface area contributed by atoms with E-state index in [4.69, 9.17) is 4.52 Å². The van der Waals surface area contributed by atoms with Gasteiger partial charge in [-0.2, -0.15) is 4.98 Å². The fourth-order valence-electron chi connectivity index (χ4n) is 2.92. The first-order chi connectivity index (χ1) is 14.5. The summed E-state index contributed by atoms with van der Waals surface area (Å²) in [5.74, 6) is 0.210. The number of aromatic nitrogens is 3. The molecule has 9 nitrogen and oxygen atoms in total. The molecule has 2 heterocycles. The molecule has 0 unspecified atom stereocenters. The molecule has 0 radical (unpaired) electrons. The van der Waals surface area contributed by atoms with Crippen molar-refractivity contribution in [2.75, 3.05) is 5.32 Å². The molecular weight excluding hydrogens is 386 g/mol. The van der Waals surface area contributed by atoms with E-state index >= 15 is 0 Å². The van der Waals surface area contributed by atoms with Crippen molar-refractivity contribution in [1.82, 2.24) is 15.1 Å². The highest BCUT2D eigenvalue weighted by atomic mass is 16.6. The number of hydrogen-bond donors (Lipinski definition) is 1. The summed E-state index contributed by atoms with van der Waals surface area (Å²) in [4.78, 5) is 31.6. The number of carbonyl (C=O) groups excluding carboxylic acids is 1. The summed E-state index contributed by atoms with van der Waals surface area (Å²) >= 11 is 0. The van der Waals surface area contributed by atoms with Crippen molar-refractivity contribution in [2.24, 2.45) is 0 Å². The number of rotatable bonds is 5. The molecule has 0 saturated heterocycles. The van der Waals surface area contributed by atoms with Gasteiger partial charge in [0.05, 0.1) is 16.2 Å². The molecule has 4 aromatic rings. The van der Waals surface area contributed by atoms with Gasteiger partial charge in [-0.15, -0.1) is 0 Å². The average molecular weight is 401 g/mol. The van der Waals surface area contributed by atoms with Crippen LogP contribution in [0.15, 0.2) is 71.5 Å². The molecule has 1 amide bonds. The summed E-state index contributed by atoms with van der Waals surface area (Å²) in [5, 5.41) is 17.8. The van der Waals surface area contributed by atoms with Crippen LogP contribution in [0.3, 0.4) is 0 Å². The van der Waals surface area contributed by atoms with E-state index in [1.165, 1.54) is 18.2 Å². The monoisotopic (exact) mass is 401 g/mol. The third-order valence-electron chi connectivity index (χ3n) is 4.41. The average Bonchev–Trinajstić information content (AvgIpc) is 3.24. The molecule has 148 valence electrons. The number of amides is 1. The van der Waals surface area contributed by atoms with Crippen LogP contribution in [0.1, 0.15) is 15.9 Å². The molecule has 0 bridgehead atoms. The molecule has 0 aliphatic rings. The zero-order chi connectivity index (χ0) is 21.1. The third kappa shape index (κ3) is 3.76. The first kappa shape index (κ1) is 18.9. The second-order valence-corrected chi connectivity index (χ2v) is 6.42. The van der Waals surface area contributed by atoms with Crippen LogP contribution in [0.5, 0.6) is 0 Å². The molecule has 4 rings (SSSR count). The smallest absolute Gasteiger partial charge is 0.272 e. The summed E-state index contributed by atoms with van der Waals surface area (Å²) < 4.78 is 5.38. The molecule has 2 aromatic heterocycles. The van der Waals surface area contributed by atoms with E-state index in [0.717, 1.165) is 0 Å². The summed E-state index contributed by atoms with van der Waals surface area (Å²) in [7, 11) is 0. The zero-order valence-electron chi connectivity index (χ0n) is 15.8. The van der Waals surface area contributed by atoms with Crippen molar-refractivity contribution < 1.29 is 14.2 Å². The lowest BCUT2D eigenvalue weighted by molar-refractivity contribution is -0.385. The number of aryl methyl sites for hydroxylation is 1. The van der Waals surface area contributed by atoms with Gasteiger partial charge in [0, 0.05) is 35.2 Å². The van der Waals surface area contributed by atoms with Crippen molar-refractivity contribution in [3.8, 4) is 22.8 Å². The molecule has 9 heteroatoms. The Kier molecular flexibility index (Phi) is 5.00. The van der Waals surface area contributed by atoms with Gasteiger partial charge in [0.2, 0.25) is 5.82 Å². The molecule has 0 spiro atoms. The SMILES string of the molecule is Cc1cc(C(=O)Nc2ccccc2-c2nc(-c3cccnc3)no2)ccc1[N+](=O)[O-]. The molecule has 0 saturated carbocycles. The van der Waals surface area contributed by atoms with Crippen LogP contribution < -0.4 is 5.32 Å². The number of para-hydroxylation sites is 1. The second-order valence-electron chi connectivity index (χ2n) is 6.42. The molecule has 30 heavy (non-hydrogen) atoms. The van der Waals surface area contributed by atoms with Gasteiger partial charge >= 0.3 is 0 Å². The quantitative estimate of drug-likeness (QED) is 0.391. The number of carbonyl (C=O) groups is 1. The van der Waals surface area contributed by atoms with Gasteiger partial charge in [0.1, 0.15) is 0 Å². The van der Waals surface area contributed by atoms with Crippen LogP contribution in [0, 0.1) is 17.0 Å². The summed E-state index contributed by atoms with van der Waals surface area (Å²) in [6.07, 6.45) is 3.27. The Morgan fingerprint density at radius 1 is 1.13 bits per heavy atom. The van der Waals surface area contributed by atoms with E-state index in [0.29, 0.717) is 33.8 Å². The lowest BCUT2D eigenvalue weighted by atomic mass is 10.1. The van der Waals surface area contributed by atoms with Gasteiger partial charge < -0.3 is 9.84 Å². The van der Waals surface area contributed by atoms with E-state index in [2.05, 4.69) is 20.4 Å². The fourth-order valence-corrected chi connectivity index (χ4v) is 2.92. The number of hydrogen-bond acceptors (Lipinski definition) is 7. The zero-order valence-corrected chi connectivity index (χ0v) is 15.8. The number of nitro groups is 1. The Bertz CT molecular complexity index is 1240. The lowest BCUT2D eigenvalue weighted by Crippen LogP contribution is -2.13. The second kappa shape index (κ2) is 7.92. The summed E-state index contributed by atoms with van der Waals surface area (Å²) in [6, 6.07) is 14.8. The largest absolute Gasteiger partial charge is 0.334 e. The molecule has 0 aliphatic carbocycles. The van der Waals surface area contributed by atoms with Gasteiger partial charge in [-0.25, -0.2) is 0 Å². The number of nitrogens with one attached hydrogen (secondary N) is 1. The van der Waals surface area contributed by atoms with E-state index in [9.17, 15) is 14.9 Å². The van der Waals surface area contributed by atoms with Crippen molar-refractivity contribution in [3.05, 3.63) is 88.2 Å². The minimum Gasteiger partial charge on any atom is -0.334 e. The van der Waals surface area contributed by atoms with Crippen molar-refractivity contribution in [2.45, 2.75) is 6.92 Å². The van der Waals surface area contributed by atoms with Crippen LogP contribution in [-0.4, -0.2) is 26.0 Å².